The summed E-state index contributed by atoms with van der Waals surface area (Å²) in [6.07, 6.45) is 0. The van der Waals surface area contributed by atoms with Gasteiger partial charge in [0.2, 0.25) is 0 Å². The topological polar surface area (TPSA) is 40.5 Å². The van der Waals surface area contributed by atoms with Gasteiger partial charge in [-0.25, -0.2) is 4.39 Å². The first-order valence-electron chi connectivity index (χ1n) is 4.53. The summed E-state index contributed by atoms with van der Waals surface area (Å²) in [6.45, 7) is 0.214. The third-order valence-corrected chi connectivity index (χ3v) is 2.37. The molecule has 0 bridgehead atoms. The van der Waals surface area contributed by atoms with Gasteiger partial charge in [-0.15, -0.1) is 0 Å². The van der Waals surface area contributed by atoms with E-state index in [9.17, 15) is 14.3 Å². The van der Waals surface area contributed by atoms with E-state index in [1.807, 2.05) is 0 Å². The molecule has 0 aliphatic carbocycles. The molecule has 0 spiro atoms. The molecule has 0 atom stereocenters. The van der Waals surface area contributed by atoms with Crippen LogP contribution in [-0.4, -0.2) is 29.5 Å². The molecular weight excluding hydrogens is 197 g/mol. The van der Waals surface area contributed by atoms with Crippen LogP contribution in [0.3, 0.4) is 0 Å². The Morgan fingerprint density at radius 2 is 1.93 bits per heavy atom. The number of nitrogens with zero attached hydrogens (tertiary/aromatic N) is 1. The van der Waals surface area contributed by atoms with Crippen molar-refractivity contribution in [3.05, 3.63) is 41.4 Å². The summed E-state index contributed by atoms with van der Waals surface area (Å²) in [5.41, 5.74) is 0.806. The van der Waals surface area contributed by atoms with Gasteiger partial charge in [0.25, 0.3) is 5.91 Å². The average molecular weight is 207 g/mol. The Kier molecular flexibility index (Phi) is 2.19. The van der Waals surface area contributed by atoms with E-state index in [1.165, 1.54) is 29.2 Å². The molecule has 0 unspecified atom stereocenters. The molecule has 1 amide bonds. The third kappa shape index (κ3) is 1.58. The Morgan fingerprint density at radius 3 is 2.40 bits per heavy atom. The summed E-state index contributed by atoms with van der Waals surface area (Å²) in [7, 11) is 1.61. The second kappa shape index (κ2) is 3.38. The maximum absolute atomic E-state index is 12.7. The zero-order valence-electron chi connectivity index (χ0n) is 8.20. The highest BCUT2D eigenvalue weighted by molar-refractivity contribution is 6.22. The number of aliphatic hydroxyl groups is 1. The Balaban J connectivity index is 2.43. The lowest BCUT2D eigenvalue weighted by molar-refractivity contribution is -0.122. The number of aliphatic hydroxyl groups excluding tert-OH is 1. The van der Waals surface area contributed by atoms with Gasteiger partial charge in [0.15, 0.2) is 0 Å². The molecule has 1 aliphatic rings. The molecule has 2 rings (SSSR count). The van der Waals surface area contributed by atoms with E-state index in [1.54, 1.807) is 7.05 Å². The fraction of sp³-hybridized carbons (Fsp3) is 0.182. The SMILES string of the molecule is CN1CC(O)=C(c2ccc(F)cc2)C1=O. The Morgan fingerprint density at radius 1 is 1.33 bits per heavy atom. The summed E-state index contributed by atoms with van der Waals surface area (Å²) in [6, 6.07) is 5.50. The highest BCUT2D eigenvalue weighted by atomic mass is 19.1. The summed E-state index contributed by atoms with van der Waals surface area (Å²) in [4.78, 5) is 13.0. The molecule has 4 heteroatoms. The molecule has 15 heavy (non-hydrogen) atoms. The molecule has 78 valence electrons. The second-order valence-corrected chi connectivity index (χ2v) is 3.49. The van der Waals surface area contributed by atoms with Crippen LogP contribution >= 0.6 is 0 Å². The predicted octanol–water partition coefficient (Wildman–Crippen LogP) is 1.57. The van der Waals surface area contributed by atoms with Crippen LogP contribution in [-0.2, 0) is 4.79 Å². The molecule has 1 aromatic rings. The standard InChI is InChI=1S/C11H10FNO2/c1-13-6-9(14)10(11(13)15)7-2-4-8(12)5-3-7/h2-5,14H,6H2,1H3. The number of likely N-dealkylation sites (N-methyl/N-ethyl adjacent to an activating group) is 1. The van der Waals surface area contributed by atoms with Gasteiger partial charge in [0, 0.05) is 7.05 Å². The highest BCUT2D eigenvalue weighted by Gasteiger charge is 2.28. The van der Waals surface area contributed by atoms with Crippen LogP contribution in [0.15, 0.2) is 30.0 Å². The number of benzene rings is 1. The van der Waals surface area contributed by atoms with Gasteiger partial charge in [-0.05, 0) is 17.7 Å². The Labute approximate surface area is 86.4 Å². The number of hydrogen-bond acceptors (Lipinski definition) is 2. The van der Waals surface area contributed by atoms with Gasteiger partial charge in [-0.3, -0.25) is 4.79 Å². The van der Waals surface area contributed by atoms with Gasteiger partial charge < -0.3 is 10.0 Å². The van der Waals surface area contributed by atoms with Gasteiger partial charge in [0.05, 0.1) is 12.1 Å². The summed E-state index contributed by atoms with van der Waals surface area (Å²) in [5.74, 6) is -0.564. The molecule has 0 saturated heterocycles. The van der Waals surface area contributed by atoms with Crippen LogP contribution in [0.1, 0.15) is 5.56 Å². The molecule has 1 aliphatic heterocycles. The van der Waals surface area contributed by atoms with Crippen molar-refractivity contribution in [2.24, 2.45) is 0 Å². The summed E-state index contributed by atoms with van der Waals surface area (Å²) in [5, 5.41) is 9.58. The number of amides is 1. The van der Waals surface area contributed by atoms with Crippen molar-refractivity contribution < 1.29 is 14.3 Å². The smallest absolute Gasteiger partial charge is 0.258 e. The minimum absolute atomic E-state index is 0.0362. The average Bonchev–Trinajstić information content (AvgIpc) is 2.44. The van der Waals surface area contributed by atoms with Crippen LogP contribution < -0.4 is 0 Å². The third-order valence-electron chi connectivity index (χ3n) is 2.37. The summed E-state index contributed by atoms with van der Waals surface area (Å²) >= 11 is 0. The van der Waals surface area contributed by atoms with E-state index < -0.39 is 0 Å². The molecule has 0 saturated carbocycles. The van der Waals surface area contributed by atoms with E-state index in [0.717, 1.165) is 0 Å². The van der Waals surface area contributed by atoms with Gasteiger partial charge in [0.1, 0.15) is 11.6 Å². The number of hydrogen-bond donors (Lipinski definition) is 1. The van der Waals surface area contributed by atoms with Crippen LogP contribution in [0.25, 0.3) is 5.57 Å². The molecule has 0 fully saturated rings. The van der Waals surface area contributed by atoms with E-state index in [4.69, 9.17) is 0 Å². The quantitative estimate of drug-likeness (QED) is 0.759. The number of carbonyl (C=O) groups excluding carboxylic acids is 1. The molecule has 1 N–H and O–H groups in total. The van der Waals surface area contributed by atoms with Crippen LogP contribution in [0, 0.1) is 5.82 Å². The molecule has 1 aromatic carbocycles. The minimum Gasteiger partial charge on any atom is -0.510 e. The minimum atomic E-state index is -0.363. The lowest BCUT2D eigenvalue weighted by atomic mass is 10.1. The Hall–Kier alpha value is -1.84. The Bertz CT molecular complexity index is 436. The van der Waals surface area contributed by atoms with E-state index in [-0.39, 0.29) is 29.6 Å². The number of halogens is 1. The van der Waals surface area contributed by atoms with Gasteiger partial charge >= 0.3 is 0 Å². The van der Waals surface area contributed by atoms with Gasteiger partial charge in [-0.1, -0.05) is 12.1 Å². The van der Waals surface area contributed by atoms with Crippen LogP contribution in [0.2, 0.25) is 0 Å². The molecule has 3 nitrogen and oxygen atoms in total. The number of carbonyl (C=O) groups is 1. The summed E-state index contributed by atoms with van der Waals surface area (Å²) < 4.78 is 12.7. The van der Waals surface area contributed by atoms with Gasteiger partial charge in [-0.2, -0.15) is 0 Å². The van der Waals surface area contributed by atoms with E-state index >= 15 is 0 Å². The fourth-order valence-corrected chi connectivity index (χ4v) is 1.60. The van der Waals surface area contributed by atoms with E-state index in [0.29, 0.717) is 5.56 Å². The largest absolute Gasteiger partial charge is 0.510 e. The molecule has 0 aromatic heterocycles. The van der Waals surface area contributed by atoms with E-state index in [2.05, 4.69) is 0 Å². The fourth-order valence-electron chi connectivity index (χ4n) is 1.60. The van der Waals surface area contributed by atoms with Crippen molar-refractivity contribution >= 4 is 11.5 Å². The highest BCUT2D eigenvalue weighted by Crippen LogP contribution is 2.25. The predicted molar refractivity (Wildman–Crippen MR) is 53.6 cm³/mol. The zero-order chi connectivity index (χ0) is 11.0. The maximum atomic E-state index is 12.7. The van der Waals surface area contributed by atoms with Crippen molar-refractivity contribution in [1.82, 2.24) is 4.90 Å². The first kappa shape index (κ1) is 9.71. The van der Waals surface area contributed by atoms with Crippen molar-refractivity contribution in [1.29, 1.82) is 0 Å². The lowest BCUT2D eigenvalue weighted by Crippen LogP contribution is -2.21. The van der Waals surface area contributed by atoms with Crippen molar-refractivity contribution in [3.8, 4) is 0 Å². The number of rotatable bonds is 1. The normalized spacial score (nSPS) is 16.4. The second-order valence-electron chi connectivity index (χ2n) is 3.49. The van der Waals surface area contributed by atoms with Crippen molar-refractivity contribution in [3.63, 3.8) is 0 Å². The first-order chi connectivity index (χ1) is 7.09. The van der Waals surface area contributed by atoms with Crippen molar-refractivity contribution in [2.75, 3.05) is 13.6 Å². The molecule has 0 radical (unpaired) electrons. The molecule has 1 heterocycles. The van der Waals surface area contributed by atoms with Crippen LogP contribution in [0.5, 0.6) is 0 Å². The monoisotopic (exact) mass is 207 g/mol. The maximum Gasteiger partial charge on any atom is 0.258 e. The van der Waals surface area contributed by atoms with Crippen molar-refractivity contribution in [2.45, 2.75) is 0 Å². The first-order valence-corrected chi connectivity index (χ1v) is 4.53. The lowest BCUT2D eigenvalue weighted by Gasteiger charge is -2.07. The van der Waals surface area contributed by atoms with Crippen LogP contribution in [0.4, 0.5) is 4.39 Å². The zero-order valence-corrected chi connectivity index (χ0v) is 8.20. The molecular formula is C11H10FNO2.